The Hall–Kier alpha value is -2.37. The second-order valence-corrected chi connectivity index (χ2v) is 6.28. The molecule has 0 unspecified atom stereocenters. The maximum Gasteiger partial charge on any atom is 0.308 e. The van der Waals surface area contributed by atoms with Crippen LogP contribution >= 0.6 is 0 Å². The van der Waals surface area contributed by atoms with Crippen molar-refractivity contribution >= 4 is 17.8 Å². The van der Waals surface area contributed by atoms with Crippen LogP contribution in [0.3, 0.4) is 0 Å². The molecule has 0 fully saturated rings. The van der Waals surface area contributed by atoms with Gasteiger partial charge in [-0.15, -0.1) is 0 Å². The standard InChI is InChI=1S/C17H24N2O4/c1-12-7-5-6-8-13(12)16(22)18-10-9-15(21)23-11-14(20)19-17(2,3)4/h5-8H,9-11H2,1-4H3,(H,18,22)(H,19,20). The van der Waals surface area contributed by atoms with Gasteiger partial charge in [-0.2, -0.15) is 0 Å². The number of esters is 1. The molecule has 0 aliphatic rings. The Kier molecular flexibility index (Phi) is 6.75. The van der Waals surface area contributed by atoms with E-state index in [4.69, 9.17) is 4.74 Å². The first-order valence-electron chi connectivity index (χ1n) is 7.49. The van der Waals surface area contributed by atoms with E-state index >= 15 is 0 Å². The normalized spacial score (nSPS) is 10.8. The second-order valence-electron chi connectivity index (χ2n) is 6.28. The van der Waals surface area contributed by atoms with E-state index < -0.39 is 5.97 Å². The summed E-state index contributed by atoms with van der Waals surface area (Å²) in [5, 5.41) is 5.35. The van der Waals surface area contributed by atoms with Gasteiger partial charge < -0.3 is 15.4 Å². The molecule has 0 aromatic heterocycles. The van der Waals surface area contributed by atoms with Crippen LogP contribution in [0.15, 0.2) is 24.3 Å². The Morgan fingerprint density at radius 1 is 1.13 bits per heavy atom. The predicted octanol–water partition coefficient (Wildman–Crippen LogP) is 1.57. The number of nitrogens with one attached hydrogen (secondary N) is 2. The van der Waals surface area contributed by atoms with Crippen LogP contribution in [0.4, 0.5) is 0 Å². The molecular formula is C17H24N2O4. The van der Waals surface area contributed by atoms with E-state index in [1.807, 2.05) is 39.8 Å². The maximum atomic E-state index is 11.9. The van der Waals surface area contributed by atoms with Gasteiger partial charge in [0.25, 0.3) is 11.8 Å². The molecule has 0 spiro atoms. The van der Waals surface area contributed by atoms with Crippen LogP contribution in [0.1, 0.15) is 43.1 Å². The third-order valence-electron chi connectivity index (χ3n) is 2.88. The van der Waals surface area contributed by atoms with Gasteiger partial charge in [-0.1, -0.05) is 18.2 Å². The topological polar surface area (TPSA) is 84.5 Å². The van der Waals surface area contributed by atoms with Crippen LogP contribution in [-0.2, 0) is 14.3 Å². The molecule has 0 heterocycles. The first-order valence-corrected chi connectivity index (χ1v) is 7.49. The summed E-state index contributed by atoms with van der Waals surface area (Å²) < 4.78 is 4.86. The first kappa shape index (κ1) is 18.7. The molecule has 1 aromatic rings. The third-order valence-corrected chi connectivity index (χ3v) is 2.88. The Bertz CT molecular complexity index is 576. The third kappa shape index (κ3) is 7.44. The van der Waals surface area contributed by atoms with Gasteiger partial charge in [0.2, 0.25) is 0 Å². The molecule has 1 aromatic carbocycles. The highest BCUT2D eigenvalue weighted by molar-refractivity contribution is 5.95. The van der Waals surface area contributed by atoms with Gasteiger partial charge >= 0.3 is 5.97 Å². The van der Waals surface area contributed by atoms with Crippen molar-refractivity contribution in [1.82, 2.24) is 10.6 Å². The smallest absolute Gasteiger partial charge is 0.308 e. The number of ether oxygens (including phenoxy) is 1. The van der Waals surface area contributed by atoms with Gasteiger partial charge in [0.05, 0.1) is 6.42 Å². The van der Waals surface area contributed by atoms with Gasteiger partial charge in [0.1, 0.15) is 0 Å². The Labute approximate surface area is 136 Å². The van der Waals surface area contributed by atoms with Crippen LogP contribution in [0, 0.1) is 6.92 Å². The fraction of sp³-hybridized carbons (Fsp3) is 0.471. The molecule has 126 valence electrons. The van der Waals surface area contributed by atoms with E-state index in [-0.39, 0.29) is 36.9 Å². The lowest BCUT2D eigenvalue weighted by molar-refractivity contribution is -0.148. The van der Waals surface area contributed by atoms with E-state index in [0.29, 0.717) is 5.56 Å². The molecule has 0 atom stereocenters. The van der Waals surface area contributed by atoms with Gasteiger partial charge in [0, 0.05) is 17.6 Å². The lowest BCUT2D eigenvalue weighted by atomic mass is 10.1. The van der Waals surface area contributed by atoms with Crippen LogP contribution < -0.4 is 10.6 Å². The maximum absolute atomic E-state index is 11.9. The summed E-state index contributed by atoms with van der Waals surface area (Å²) in [4.78, 5) is 35.0. The van der Waals surface area contributed by atoms with Crippen LogP contribution in [-0.4, -0.2) is 36.5 Å². The molecule has 0 aliphatic heterocycles. The molecule has 0 radical (unpaired) electrons. The number of hydrogen-bond donors (Lipinski definition) is 2. The Morgan fingerprint density at radius 3 is 2.39 bits per heavy atom. The molecule has 6 heteroatoms. The minimum atomic E-state index is -0.529. The van der Waals surface area contributed by atoms with E-state index in [0.717, 1.165) is 5.56 Å². The molecule has 23 heavy (non-hydrogen) atoms. The summed E-state index contributed by atoms with van der Waals surface area (Å²) in [5.41, 5.74) is 1.07. The summed E-state index contributed by atoms with van der Waals surface area (Å²) >= 11 is 0. The van der Waals surface area contributed by atoms with Crippen molar-refractivity contribution in [2.45, 2.75) is 39.7 Å². The fourth-order valence-electron chi connectivity index (χ4n) is 1.87. The van der Waals surface area contributed by atoms with Crippen molar-refractivity contribution < 1.29 is 19.1 Å². The van der Waals surface area contributed by atoms with E-state index in [2.05, 4.69) is 10.6 Å². The number of carbonyl (C=O) groups is 3. The second kappa shape index (κ2) is 8.31. The summed E-state index contributed by atoms with van der Waals surface area (Å²) in [6.45, 7) is 7.21. The van der Waals surface area contributed by atoms with E-state index in [1.54, 1.807) is 12.1 Å². The number of hydrogen-bond acceptors (Lipinski definition) is 4. The van der Waals surface area contributed by atoms with Crippen molar-refractivity contribution in [3.05, 3.63) is 35.4 Å². The lowest BCUT2D eigenvalue weighted by Crippen LogP contribution is -2.42. The lowest BCUT2D eigenvalue weighted by Gasteiger charge is -2.20. The number of amides is 2. The first-order chi connectivity index (χ1) is 10.7. The molecule has 0 saturated carbocycles. The van der Waals surface area contributed by atoms with Crippen LogP contribution in [0.2, 0.25) is 0 Å². The zero-order chi connectivity index (χ0) is 17.5. The largest absolute Gasteiger partial charge is 0.456 e. The van der Waals surface area contributed by atoms with Gasteiger partial charge in [0.15, 0.2) is 6.61 Å². The summed E-state index contributed by atoms with van der Waals surface area (Å²) in [6, 6.07) is 7.20. The molecule has 0 saturated heterocycles. The van der Waals surface area contributed by atoms with E-state index in [1.165, 1.54) is 0 Å². The molecular weight excluding hydrogens is 296 g/mol. The zero-order valence-corrected chi connectivity index (χ0v) is 14.1. The van der Waals surface area contributed by atoms with Crippen molar-refractivity contribution in [1.29, 1.82) is 0 Å². The van der Waals surface area contributed by atoms with Crippen molar-refractivity contribution in [3.63, 3.8) is 0 Å². The highest BCUT2D eigenvalue weighted by Crippen LogP contribution is 2.06. The average molecular weight is 320 g/mol. The summed E-state index contributed by atoms with van der Waals surface area (Å²) in [6.07, 6.45) is 0.0143. The fourth-order valence-corrected chi connectivity index (χ4v) is 1.87. The molecule has 0 bridgehead atoms. The average Bonchev–Trinajstić information content (AvgIpc) is 2.43. The summed E-state index contributed by atoms with van der Waals surface area (Å²) in [5.74, 6) is -1.12. The molecule has 6 nitrogen and oxygen atoms in total. The summed E-state index contributed by atoms with van der Waals surface area (Å²) in [7, 11) is 0. The van der Waals surface area contributed by atoms with Gasteiger partial charge in [-0.25, -0.2) is 0 Å². The monoisotopic (exact) mass is 320 g/mol. The number of aryl methyl sites for hydroxylation is 1. The molecule has 2 N–H and O–H groups in total. The van der Waals surface area contributed by atoms with Crippen molar-refractivity contribution in [2.75, 3.05) is 13.2 Å². The van der Waals surface area contributed by atoms with Crippen LogP contribution in [0.5, 0.6) is 0 Å². The minimum absolute atomic E-state index is 0.0143. The Morgan fingerprint density at radius 2 is 1.78 bits per heavy atom. The zero-order valence-electron chi connectivity index (χ0n) is 14.1. The van der Waals surface area contributed by atoms with Gasteiger partial charge in [-0.05, 0) is 39.3 Å². The quantitative estimate of drug-likeness (QED) is 0.779. The van der Waals surface area contributed by atoms with Crippen molar-refractivity contribution in [3.8, 4) is 0 Å². The SMILES string of the molecule is Cc1ccccc1C(=O)NCCC(=O)OCC(=O)NC(C)(C)C. The molecule has 2 amide bonds. The highest BCUT2D eigenvalue weighted by Gasteiger charge is 2.15. The van der Waals surface area contributed by atoms with Gasteiger partial charge in [-0.3, -0.25) is 14.4 Å². The number of carbonyl (C=O) groups excluding carboxylic acids is 3. The molecule has 1 rings (SSSR count). The van der Waals surface area contributed by atoms with Crippen molar-refractivity contribution in [2.24, 2.45) is 0 Å². The number of rotatable bonds is 6. The predicted molar refractivity (Wildman–Crippen MR) is 87.0 cm³/mol. The van der Waals surface area contributed by atoms with E-state index in [9.17, 15) is 14.4 Å². The molecule has 0 aliphatic carbocycles. The minimum Gasteiger partial charge on any atom is -0.456 e. The highest BCUT2D eigenvalue weighted by atomic mass is 16.5. The Balaban J connectivity index is 2.28. The number of benzene rings is 1. The van der Waals surface area contributed by atoms with Crippen LogP contribution in [0.25, 0.3) is 0 Å².